The summed E-state index contributed by atoms with van der Waals surface area (Å²) >= 11 is 0. The van der Waals surface area contributed by atoms with Crippen molar-refractivity contribution in [1.82, 2.24) is 24.7 Å². The van der Waals surface area contributed by atoms with Crippen molar-refractivity contribution in [3.05, 3.63) is 47.2 Å². The predicted molar refractivity (Wildman–Crippen MR) is 150 cm³/mol. The van der Waals surface area contributed by atoms with Gasteiger partial charge in [0.2, 0.25) is 0 Å². The highest BCUT2D eigenvalue weighted by Crippen LogP contribution is 2.31. The Bertz CT molecular complexity index is 1160. The van der Waals surface area contributed by atoms with Crippen molar-refractivity contribution in [2.75, 3.05) is 58.3 Å². The van der Waals surface area contributed by atoms with Crippen molar-refractivity contribution in [3.63, 3.8) is 0 Å². The first kappa shape index (κ1) is 28.6. The van der Waals surface area contributed by atoms with E-state index >= 15 is 0 Å². The molecule has 1 atom stereocenters. The Hall–Kier alpha value is -3.42. The summed E-state index contributed by atoms with van der Waals surface area (Å²) in [6.45, 7) is 10.8. The van der Waals surface area contributed by atoms with Crippen molar-refractivity contribution in [1.29, 1.82) is 5.26 Å². The largest absolute Gasteiger partial charge is 0.462 e. The molecule has 10 nitrogen and oxygen atoms in total. The van der Waals surface area contributed by atoms with Crippen LogP contribution in [0.1, 0.15) is 44.0 Å². The van der Waals surface area contributed by atoms with E-state index in [9.17, 15) is 10.1 Å². The average Bonchev–Trinajstić information content (AvgIpc) is 2.87. The normalized spacial score (nSPS) is 18.0. The molecule has 10 heteroatoms. The van der Waals surface area contributed by atoms with Crippen LogP contribution in [0.4, 0.5) is 10.6 Å². The number of hydrogen-bond donors (Lipinski definition) is 0. The molecule has 2 aromatic rings. The zero-order chi connectivity index (χ0) is 28.0. The second-order valence-corrected chi connectivity index (χ2v) is 11.5. The summed E-state index contributed by atoms with van der Waals surface area (Å²) in [4.78, 5) is 31.0. The van der Waals surface area contributed by atoms with Crippen LogP contribution < -0.4 is 9.64 Å². The molecule has 4 rings (SSSR count). The molecule has 2 aliphatic heterocycles. The van der Waals surface area contributed by atoms with Gasteiger partial charge in [0.1, 0.15) is 18.0 Å². The number of benzene rings is 1. The van der Waals surface area contributed by atoms with Crippen LogP contribution in [0.15, 0.2) is 30.3 Å². The van der Waals surface area contributed by atoms with Gasteiger partial charge in [0.15, 0.2) is 0 Å². The second-order valence-electron chi connectivity index (χ2n) is 11.5. The number of hydrogen-bond acceptors (Lipinski definition) is 9. The van der Waals surface area contributed by atoms with E-state index in [2.05, 4.69) is 45.0 Å². The molecule has 1 amide bonds. The molecule has 1 saturated heterocycles. The van der Waals surface area contributed by atoms with E-state index in [1.165, 1.54) is 5.56 Å². The number of piperazine rings is 1. The summed E-state index contributed by atoms with van der Waals surface area (Å²) in [7, 11) is 4.01. The van der Waals surface area contributed by atoms with Gasteiger partial charge in [0.25, 0.3) is 0 Å². The number of amides is 1. The molecule has 0 spiro atoms. The minimum Gasteiger partial charge on any atom is -0.462 e. The van der Waals surface area contributed by atoms with Crippen molar-refractivity contribution in [2.24, 2.45) is 0 Å². The third kappa shape index (κ3) is 7.80. The van der Waals surface area contributed by atoms with Crippen LogP contribution in [0, 0.1) is 11.3 Å². The number of ether oxygens (including phenoxy) is 2. The summed E-state index contributed by atoms with van der Waals surface area (Å²) in [6.07, 6.45) is 0.668. The maximum atomic E-state index is 12.9. The average molecular weight is 536 g/mol. The van der Waals surface area contributed by atoms with E-state index in [1.54, 1.807) is 4.90 Å². The quantitative estimate of drug-likeness (QED) is 0.504. The van der Waals surface area contributed by atoms with Gasteiger partial charge in [0, 0.05) is 51.4 Å². The number of nitriles is 1. The summed E-state index contributed by atoms with van der Waals surface area (Å²) in [5, 5.41) is 9.53. The molecule has 39 heavy (non-hydrogen) atoms. The fraction of sp³-hybridized carbons (Fsp3) is 0.586. The van der Waals surface area contributed by atoms with Crippen LogP contribution in [-0.4, -0.2) is 95.8 Å². The monoisotopic (exact) mass is 535 g/mol. The minimum absolute atomic E-state index is 0.222. The van der Waals surface area contributed by atoms with Crippen LogP contribution in [0.25, 0.3) is 0 Å². The van der Waals surface area contributed by atoms with Crippen molar-refractivity contribution < 1.29 is 14.3 Å². The molecule has 3 heterocycles. The first-order chi connectivity index (χ1) is 18.6. The van der Waals surface area contributed by atoms with Gasteiger partial charge in [-0.25, -0.2) is 4.79 Å². The smallest absolute Gasteiger partial charge is 0.410 e. The lowest BCUT2D eigenvalue weighted by Gasteiger charge is -2.42. The van der Waals surface area contributed by atoms with E-state index in [-0.39, 0.29) is 18.6 Å². The van der Waals surface area contributed by atoms with E-state index in [0.29, 0.717) is 38.8 Å². The molecule has 0 bridgehead atoms. The number of fused-ring (bicyclic) bond motifs is 1. The molecule has 2 aliphatic rings. The van der Waals surface area contributed by atoms with E-state index in [0.717, 1.165) is 43.1 Å². The van der Waals surface area contributed by atoms with Crippen LogP contribution in [0.5, 0.6) is 6.01 Å². The molecular weight excluding hydrogens is 494 g/mol. The number of carbonyl (C=O) groups is 1. The summed E-state index contributed by atoms with van der Waals surface area (Å²) < 4.78 is 11.6. The van der Waals surface area contributed by atoms with Gasteiger partial charge in [-0.3, -0.25) is 4.90 Å². The molecule has 1 unspecified atom stereocenters. The van der Waals surface area contributed by atoms with Gasteiger partial charge >= 0.3 is 12.1 Å². The van der Waals surface area contributed by atoms with Gasteiger partial charge in [0.05, 0.1) is 24.2 Å². The Kier molecular flexibility index (Phi) is 9.25. The molecule has 0 saturated carbocycles. The van der Waals surface area contributed by atoms with Gasteiger partial charge in [-0.1, -0.05) is 30.3 Å². The number of rotatable bonds is 8. The van der Waals surface area contributed by atoms with E-state index in [1.807, 2.05) is 40.9 Å². The van der Waals surface area contributed by atoms with Crippen molar-refractivity contribution >= 4 is 11.9 Å². The fourth-order valence-corrected chi connectivity index (χ4v) is 4.95. The highest BCUT2D eigenvalue weighted by atomic mass is 16.6. The topological polar surface area (TPSA) is 98.1 Å². The molecule has 0 aliphatic carbocycles. The zero-order valence-electron chi connectivity index (χ0n) is 23.9. The standard InChI is InChI=1S/C29H41N7O3/c1-29(2,3)39-28(37)36-16-15-35(20-23(36)11-13-30)26-24-12-14-34(19-22-9-7-6-8-10-22)21-25(24)31-27(32-26)38-18-17-33(4)5/h6-10,23H,11-12,14-21H2,1-5H3. The third-order valence-electron chi connectivity index (χ3n) is 6.86. The van der Waals surface area contributed by atoms with Gasteiger partial charge < -0.3 is 24.2 Å². The van der Waals surface area contributed by atoms with Crippen LogP contribution >= 0.6 is 0 Å². The predicted octanol–water partition coefficient (Wildman–Crippen LogP) is 3.31. The zero-order valence-corrected chi connectivity index (χ0v) is 23.9. The molecule has 1 aromatic carbocycles. The maximum Gasteiger partial charge on any atom is 0.410 e. The first-order valence-corrected chi connectivity index (χ1v) is 13.7. The summed E-state index contributed by atoms with van der Waals surface area (Å²) in [6, 6.07) is 12.8. The molecule has 0 N–H and O–H groups in total. The molecule has 1 aromatic heterocycles. The Morgan fingerprint density at radius 3 is 2.62 bits per heavy atom. The Morgan fingerprint density at radius 1 is 1.15 bits per heavy atom. The Morgan fingerprint density at radius 2 is 1.92 bits per heavy atom. The lowest BCUT2D eigenvalue weighted by atomic mass is 10.0. The fourth-order valence-electron chi connectivity index (χ4n) is 4.95. The SMILES string of the molecule is CN(C)CCOc1nc2c(c(N3CCN(C(=O)OC(C)(C)C)C(CC#N)C3)n1)CCN(Cc1ccccc1)C2. The minimum atomic E-state index is -0.596. The molecule has 210 valence electrons. The van der Waals surface area contributed by atoms with E-state index in [4.69, 9.17) is 19.4 Å². The van der Waals surface area contributed by atoms with Crippen LogP contribution in [0.2, 0.25) is 0 Å². The van der Waals surface area contributed by atoms with Crippen molar-refractivity contribution in [3.8, 4) is 12.1 Å². The number of nitrogens with zero attached hydrogens (tertiary/aromatic N) is 7. The number of carbonyl (C=O) groups excluding carboxylic acids is 1. The van der Waals surface area contributed by atoms with Gasteiger partial charge in [-0.2, -0.15) is 15.2 Å². The van der Waals surface area contributed by atoms with Crippen LogP contribution in [0.3, 0.4) is 0 Å². The molecule has 0 radical (unpaired) electrons. The summed E-state index contributed by atoms with van der Waals surface area (Å²) in [5.41, 5.74) is 2.78. The lowest BCUT2D eigenvalue weighted by Crippen LogP contribution is -2.56. The van der Waals surface area contributed by atoms with Gasteiger partial charge in [-0.05, 0) is 46.9 Å². The molecule has 1 fully saturated rings. The second kappa shape index (κ2) is 12.6. The highest BCUT2D eigenvalue weighted by molar-refractivity contribution is 5.69. The molecular formula is C29H41N7O3. The first-order valence-electron chi connectivity index (χ1n) is 13.7. The summed E-state index contributed by atoms with van der Waals surface area (Å²) in [5.74, 6) is 0.853. The third-order valence-corrected chi connectivity index (χ3v) is 6.86. The Labute approximate surface area is 232 Å². The number of aromatic nitrogens is 2. The van der Waals surface area contributed by atoms with Gasteiger partial charge in [-0.15, -0.1) is 0 Å². The lowest BCUT2D eigenvalue weighted by molar-refractivity contribution is 0.0144. The number of likely N-dealkylation sites (N-methyl/N-ethyl adjacent to an activating group) is 1. The maximum absolute atomic E-state index is 12.9. The van der Waals surface area contributed by atoms with E-state index < -0.39 is 5.60 Å². The highest BCUT2D eigenvalue weighted by Gasteiger charge is 2.35. The van der Waals surface area contributed by atoms with Crippen molar-refractivity contribution in [2.45, 2.75) is 58.3 Å². The van der Waals surface area contributed by atoms with Crippen LogP contribution in [-0.2, 0) is 24.2 Å². The number of anilines is 1. The Balaban J connectivity index is 1.58.